The second-order valence-electron chi connectivity index (χ2n) is 5.38. The van der Waals surface area contributed by atoms with Gasteiger partial charge in [-0.3, -0.25) is 4.79 Å². The van der Waals surface area contributed by atoms with E-state index in [9.17, 15) is 4.79 Å². The smallest absolute Gasteiger partial charge is 0.277 e. The minimum Gasteiger partial charge on any atom is -0.484 e. The third-order valence-electron chi connectivity index (χ3n) is 3.66. The Morgan fingerprint density at radius 3 is 2.65 bits per heavy atom. The molecule has 1 amide bonds. The summed E-state index contributed by atoms with van der Waals surface area (Å²) >= 11 is 0. The number of hydrogen-bond donors (Lipinski definition) is 1. The lowest BCUT2D eigenvalue weighted by atomic mass is 9.99. The fourth-order valence-corrected chi connectivity index (χ4v) is 2.00. The molecule has 0 saturated heterocycles. The largest absolute Gasteiger partial charge is 0.484 e. The Kier molecular flexibility index (Phi) is 5.97. The fraction of sp³-hybridized carbons (Fsp3) is 0.333. The molecule has 1 heterocycles. The molecular formula is C18H22N2O3. The van der Waals surface area contributed by atoms with E-state index in [-0.39, 0.29) is 12.5 Å². The molecule has 0 radical (unpaired) electrons. The van der Waals surface area contributed by atoms with Crippen LogP contribution < -0.4 is 10.2 Å². The van der Waals surface area contributed by atoms with Gasteiger partial charge in [0.15, 0.2) is 6.61 Å². The maximum absolute atomic E-state index is 11.7. The number of hydrogen-bond acceptors (Lipinski definition) is 4. The van der Waals surface area contributed by atoms with Crippen LogP contribution in [0.2, 0.25) is 0 Å². The molecule has 0 fully saturated rings. The first-order valence-corrected chi connectivity index (χ1v) is 7.70. The van der Waals surface area contributed by atoms with Gasteiger partial charge in [0.25, 0.3) is 5.91 Å². The van der Waals surface area contributed by atoms with Crippen LogP contribution in [0.1, 0.15) is 44.4 Å². The SMILES string of the molecule is CCC(C)c1ccc(OCC(=O)NN=C(C)c2ccco2)cc1. The number of amides is 1. The number of carbonyl (C=O) groups excluding carboxylic acids is 1. The molecule has 1 aromatic carbocycles. The summed E-state index contributed by atoms with van der Waals surface area (Å²) in [5.74, 6) is 1.49. The van der Waals surface area contributed by atoms with E-state index in [1.165, 1.54) is 5.56 Å². The van der Waals surface area contributed by atoms with E-state index in [0.717, 1.165) is 6.42 Å². The molecule has 5 heteroatoms. The van der Waals surface area contributed by atoms with Crippen LogP contribution in [0.4, 0.5) is 0 Å². The number of benzene rings is 1. The van der Waals surface area contributed by atoms with Crippen molar-refractivity contribution in [2.75, 3.05) is 6.61 Å². The molecule has 122 valence electrons. The van der Waals surface area contributed by atoms with Gasteiger partial charge in [-0.15, -0.1) is 0 Å². The molecule has 5 nitrogen and oxygen atoms in total. The Bertz CT molecular complexity index is 645. The van der Waals surface area contributed by atoms with Crippen LogP contribution in [-0.2, 0) is 4.79 Å². The number of carbonyl (C=O) groups is 1. The number of furan rings is 1. The van der Waals surface area contributed by atoms with Crippen LogP contribution in [0.15, 0.2) is 52.2 Å². The number of ether oxygens (including phenoxy) is 1. The summed E-state index contributed by atoms with van der Waals surface area (Å²) in [5.41, 5.74) is 4.31. The molecule has 1 unspecified atom stereocenters. The predicted molar refractivity (Wildman–Crippen MR) is 89.7 cm³/mol. The van der Waals surface area contributed by atoms with Gasteiger partial charge in [-0.2, -0.15) is 5.10 Å². The summed E-state index contributed by atoms with van der Waals surface area (Å²) in [7, 11) is 0. The van der Waals surface area contributed by atoms with Gasteiger partial charge in [0.1, 0.15) is 17.2 Å². The summed E-state index contributed by atoms with van der Waals surface area (Å²) in [4.78, 5) is 11.7. The third kappa shape index (κ3) is 4.98. The molecule has 1 N–H and O–H groups in total. The summed E-state index contributed by atoms with van der Waals surface area (Å²) < 4.78 is 10.6. The van der Waals surface area contributed by atoms with E-state index in [1.54, 1.807) is 25.3 Å². The van der Waals surface area contributed by atoms with E-state index >= 15 is 0 Å². The third-order valence-corrected chi connectivity index (χ3v) is 3.66. The monoisotopic (exact) mass is 314 g/mol. The van der Waals surface area contributed by atoms with Crippen molar-refractivity contribution >= 4 is 11.6 Å². The van der Waals surface area contributed by atoms with E-state index < -0.39 is 0 Å². The Balaban J connectivity index is 1.81. The van der Waals surface area contributed by atoms with Crippen molar-refractivity contribution in [1.82, 2.24) is 5.43 Å². The van der Waals surface area contributed by atoms with Crippen LogP contribution in [0.5, 0.6) is 5.75 Å². The Morgan fingerprint density at radius 2 is 2.04 bits per heavy atom. The van der Waals surface area contributed by atoms with Gasteiger partial charge in [-0.05, 0) is 49.1 Å². The minimum atomic E-state index is -0.318. The molecule has 0 aliphatic rings. The van der Waals surface area contributed by atoms with Gasteiger partial charge in [0.2, 0.25) is 0 Å². The van der Waals surface area contributed by atoms with Crippen LogP contribution in [-0.4, -0.2) is 18.2 Å². The van der Waals surface area contributed by atoms with Gasteiger partial charge in [-0.25, -0.2) is 5.43 Å². The highest BCUT2D eigenvalue weighted by Gasteiger charge is 2.06. The van der Waals surface area contributed by atoms with Crippen LogP contribution >= 0.6 is 0 Å². The summed E-state index contributed by atoms with van der Waals surface area (Å²) in [6.45, 7) is 6.01. The maximum atomic E-state index is 11.7. The number of rotatable bonds is 7. The van der Waals surface area contributed by atoms with Crippen LogP contribution in [0, 0.1) is 0 Å². The average molecular weight is 314 g/mol. The van der Waals surface area contributed by atoms with Crippen LogP contribution in [0.3, 0.4) is 0 Å². The van der Waals surface area contributed by atoms with Crippen molar-refractivity contribution in [1.29, 1.82) is 0 Å². The van der Waals surface area contributed by atoms with E-state index in [2.05, 4.69) is 24.4 Å². The molecule has 0 spiro atoms. The van der Waals surface area contributed by atoms with E-state index in [0.29, 0.717) is 23.1 Å². The molecule has 23 heavy (non-hydrogen) atoms. The molecule has 0 bridgehead atoms. The fourth-order valence-electron chi connectivity index (χ4n) is 2.00. The highest BCUT2D eigenvalue weighted by molar-refractivity contribution is 5.96. The lowest BCUT2D eigenvalue weighted by molar-refractivity contribution is -0.123. The summed E-state index contributed by atoms with van der Waals surface area (Å²) in [6.07, 6.45) is 2.65. The van der Waals surface area contributed by atoms with E-state index in [4.69, 9.17) is 9.15 Å². The van der Waals surface area contributed by atoms with E-state index in [1.807, 2.05) is 24.3 Å². The lowest BCUT2D eigenvalue weighted by Crippen LogP contribution is -2.25. The van der Waals surface area contributed by atoms with Crippen molar-refractivity contribution in [2.45, 2.75) is 33.1 Å². The second-order valence-corrected chi connectivity index (χ2v) is 5.38. The zero-order chi connectivity index (χ0) is 16.7. The molecule has 1 aromatic heterocycles. The van der Waals surface area contributed by atoms with Gasteiger partial charge in [0.05, 0.1) is 6.26 Å². The first kappa shape index (κ1) is 16.8. The zero-order valence-corrected chi connectivity index (χ0v) is 13.7. The number of nitrogens with zero attached hydrogens (tertiary/aromatic N) is 1. The molecule has 0 saturated carbocycles. The van der Waals surface area contributed by atoms with Crippen molar-refractivity contribution in [3.63, 3.8) is 0 Å². The first-order valence-electron chi connectivity index (χ1n) is 7.70. The van der Waals surface area contributed by atoms with Crippen LogP contribution in [0.25, 0.3) is 0 Å². The highest BCUT2D eigenvalue weighted by Crippen LogP contribution is 2.21. The number of hydrazone groups is 1. The van der Waals surface area contributed by atoms with Gasteiger partial charge >= 0.3 is 0 Å². The Morgan fingerprint density at radius 1 is 1.30 bits per heavy atom. The van der Waals surface area contributed by atoms with Crippen molar-refractivity contribution in [2.24, 2.45) is 5.10 Å². The molecule has 1 atom stereocenters. The molecule has 0 aliphatic heterocycles. The topological polar surface area (TPSA) is 63.8 Å². The normalized spacial score (nSPS) is 12.7. The average Bonchev–Trinajstić information content (AvgIpc) is 3.12. The highest BCUT2D eigenvalue weighted by atomic mass is 16.5. The van der Waals surface area contributed by atoms with Crippen molar-refractivity contribution in [3.05, 3.63) is 54.0 Å². The predicted octanol–water partition coefficient (Wildman–Crippen LogP) is 3.71. The molecule has 0 aliphatic carbocycles. The second kappa shape index (κ2) is 8.17. The number of nitrogens with one attached hydrogen (secondary N) is 1. The zero-order valence-electron chi connectivity index (χ0n) is 13.7. The quantitative estimate of drug-likeness (QED) is 0.626. The standard InChI is InChI=1S/C18H22N2O3/c1-4-13(2)15-7-9-16(10-8-15)23-12-18(21)20-19-14(3)17-6-5-11-22-17/h5-11,13H,4,12H2,1-3H3,(H,20,21). The Hall–Kier alpha value is -2.56. The molecular weight excluding hydrogens is 292 g/mol. The van der Waals surface area contributed by atoms with Crippen molar-refractivity contribution in [3.8, 4) is 5.75 Å². The van der Waals surface area contributed by atoms with Gasteiger partial charge in [-0.1, -0.05) is 26.0 Å². The molecule has 2 aromatic rings. The first-order chi connectivity index (χ1) is 11.1. The van der Waals surface area contributed by atoms with Gasteiger partial charge in [0, 0.05) is 0 Å². The maximum Gasteiger partial charge on any atom is 0.277 e. The van der Waals surface area contributed by atoms with Crippen molar-refractivity contribution < 1.29 is 13.9 Å². The lowest BCUT2D eigenvalue weighted by Gasteiger charge is -2.10. The Labute approximate surface area is 136 Å². The van der Waals surface area contributed by atoms with Gasteiger partial charge < -0.3 is 9.15 Å². The molecule has 2 rings (SSSR count). The summed E-state index contributed by atoms with van der Waals surface area (Å²) in [5, 5.41) is 3.97. The summed E-state index contributed by atoms with van der Waals surface area (Å²) in [6, 6.07) is 11.4. The minimum absolute atomic E-state index is 0.0857.